The fraction of sp³-hybridized carbons (Fsp3) is 0.200. The van der Waals surface area contributed by atoms with Crippen LogP contribution in [0.25, 0.3) is 0 Å². The van der Waals surface area contributed by atoms with Crippen LogP contribution < -0.4 is 0 Å². The maximum atomic E-state index is 13.9. The third-order valence-corrected chi connectivity index (χ3v) is 5.58. The molecule has 0 amide bonds. The molecule has 0 bridgehead atoms. The van der Waals surface area contributed by atoms with Crippen molar-refractivity contribution in [3.63, 3.8) is 0 Å². The van der Waals surface area contributed by atoms with Gasteiger partial charge in [0.1, 0.15) is 0 Å². The van der Waals surface area contributed by atoms with E-state index >= 15 is 0 Å². The van der Waals surface area contributed by atoms with Gasteiger partial charge >= 0.3 is 0 Å². The lowest BCUT2D eigenvalue weighted by Crippen LogP contribution is -2.32. The van der Waals surface area contributed by atoms with Gasteiger partial charge in [-0.25, -0.2) is 17.6 Å². The summed E-state index contributed by atoms with van der Waals surface area (Å²) in [5.41, 5.74) is -2.06. The standard InChI is InChI=1S/C10Cl6F4/c11-7-8(12)10(15,16)2-1(9(7,13)14)3(17)5(19)6(20)4(2)18. The minimum Gasteiger partial charge on any atom is -0.203 e. The van der Waals surface area contributed by atoms with Crippen molar-refractivity contribution < 1.29 is 17.6 Å². The Labute approximate surface area is 140 Å². The monoisotopic (exact) mass is 406 g/mol. The van der Waals surface area contributed by atoms with E-state index in [0.717, 1.165) is 0 Å². The van der Waals surface area contributed by atoms with Crippen LogP contribution in [0.1, 0.15) is 11.1 Å². The summed E-state index contributed by atoms with van der Waals surface area (Å²) < 4.78 is 49.4. The predicted molar refractivity (Wildman–Crippen MR) is 71.8 cm³/mol. The largest absolute Gasteiger partial charge is 0.203 e. The molecule has 10 heteroatoms. The van der Waals surface area contributed by atoms with Gasteiger partial charge in [0, 0.05) is 11.1 Å². The number of alkyl halides is 4. The highest BCUT2D eigenvalue weighted by Gasteiger charge is 2.54. The zero-order valence-corrected chi connectivity index (χ0v) is 13.3. The molecule has 0 saturated heterocycles. The second-order valence-corrected chi connectivity index (χ2v) is 7.19. The van der Waals surface area contributed by atoms with E-state index in [2.05, 4.69) is 0 Å². The van der Waals surface area contributed by atoms with Crippen molar-refractivity contribution in [3.05, 3.63) is 44.5 Å². The summed E-state index contributed by atoms with van der Waals surface area (Å²) in [5.74, 6) is -7.98. The molecule has 0 nitrogen and oxygen atoms in total. The highest BCUT2D eigenvalue weighted by molar-refractivity contribution is 6.62. The minimum atomic E-state index is -2.47. The molecule has 1 aliphatic rings. The minimum absolute atomic E-state index is 0.649. The van der Waals surface area contributed by atoms with E-state index in [1.54, 1.807) is 0 Å². The summed E-state index contributed by atoms with van der Waals surface area (Å²) in [6.45, 7) is 0. The van der Waals surface area contributed by atoms with E-state index in [1.165, 1.54) is 0 Å². The van der Waals surface area contributed by atoms with Crippen molar-refractivity contribution in [1.29, 1.82) is 0 Å². The highest BCUT2D eigenvalue weighted by atomic mass is 35.5. The summed E-state index contributed by atoms with van der Waals surface area (Å²) >= 11 is 34.4. The molecule has 0 fully saturated rings. The molecule has 0 atom stereocenters. The first-order chi connectivity index (χ1) is 8.95. The molecule has 0 unspecified atom stereocenters. The summed E-state index contributed by atoms with van der Waals surface area (Å²) in [6.07, 6.45) is 0. The van der Waals surface area contributed by atoms with Crippen molar-refractivity contribution in [2.24, 2.45) is 0 Å². The molecule has 0 spiro atoms. The maximum absolute atomic E-state index is 13.9. The molecule has 1 aliphatic carbocycles. The molecule has 0 aliphatic heterocycles. The second-order valence-electron chi connectivity index (χ2n) is 3.78. The summed E-state index contributed by atoms with van der Waals surface area (Å²) in [5, 5.41) is -1.30. The maximum Gasteiger partial charge on any atom is 0.197 e. The van der Waals surface area contributed by atoms with Gasteiger partial charge in [0.25, 0.3) is 0 Å². The molecular formula is C10Cl6F4. The average Bonchev–Trinajstić information content (AvgIpc) is 2.36. The number of hydrogen-bond donors (Lipinski definition) is 0. The fourth-order valence-electron chi connectivity index (χ4n) is 1.72. The van der Waals surface area contributed by atoms with E-state index in [-0.39, 0.29) is 0 Å². The molecule has 20 heavy (non-hydrogen) atoms. The average molecular weight is 409 g/mol. The number of fused-ring (bicyclic) bond motifs is 1. The Balaban J connectivity index is 3.05. The van der Waals surface area contributed by atoms with Crippen molar-refractivity contribution in [1.82, 2.24) is 0 Å². The Kier molecular flexibility index (Phi) is 4.17. The van der Waals surface area contributed by atoms with Gasteiger partial charge in [-0.15, -0.1) is 0 Å². The van der Waals surface area contributed by atoms with Gasteiger partial charge in [-0.1, -0.05) is 69.6 Å². The van der Waals surface area contributed by atoms with Crippen molar-refractivity contribution >= 4 is 69.6 Å². The fourth-order valence-corrected chi connectivity index (χ4v) is 3.47. The Bertz CT molecular complexity index is 597. The van der Waals surface area contributed by atoms with Gasteiger partial charge in [-0.05, 0) is 0 Å². The molecule has 0 aromatic heterocycles. The predicted octanol–water partition coefficient (Wildman–Crippen LogP) is 6.21. The molecule has 1 aromatic rings. The molecule has 2 rings (SSSR count). The molecule has 0 radical (unpaired) electrons. The zero-order valence-electron chi connectivity index (χ0n) is 8.78. The first-order valence-corrected chi connectivity index (χ1v) is 6.91. The third-order valence-electron chi connectivity index (χ3n) is 2.64. The van der Waals surface area contributed by atoms with Crippen LogP contribution in [0.4, 0.5) is 17.6 Å². The van der Waals surface area contributed by atoms with Gasteiger partial charge in [-0.3, -0.25) is 0 Å². The number of rotatable bonds is 0. The lowest BCUT2D eigenvalue weighted by molar-refractivity contribution is 0.395. The van der Waals surface area contributed by atoms with Crippen LogP contribution >= 0.6 is 69.6 Å². The first kappa shape index (κ1) is 16.8. The SMILES string of the molecule is Fc1c(F)c(F)c2c(c1F)C(Cl)(Cl)C(Cl)=C(Cl)C2(Cl)Cl. The van der Waals surface area contributed by atoms with Crippen molar-refractivity contribution in [2.75, 3.05) is 0 Å². The summed E-state index contributed by atoms with van der Waals surface area (Å²) in [7, 11) is 0. The summed E-state index contributed by atoms with van der Waals surface area (Å²) in [4.78, 5) is 0. The Hall–Kier alpha value is 0.420. The molecule has 1 aromatic carbocycles. The smallest absolute Gasteiger partial charge is 0.197 e. The van der Waals surface area contributed by atoms with Crippen LogP contribution in [0, 0.1) is 23.3 Å². The number of halogens is 10. The van der Waals surface area contributed by atoms with Gasteiger partial charge in [0.15, 0.2) is 31.9 Å². The van der Waals surface area contributed by atoms with E-state index in [4.69, 9.17) is 69.6 Å². The Morgan fingerprint density at radius 1 is 0.550 bits per heavy atom. The normalized spacial score (nSPS) is 20.1. The van der Waals surface area contributed by atoms with Crippen molar-refractivity contribution in [3.8, 4) is 0 Å². The Morgan fingerprint density at radius 3 is 1.05 bits per heavy atom. The first-order valence-electron chi connectivity index (χ1n) is 4.64. The van der Waals surface area contributed by atoms with E-state index in [1.807, 2.05) is 0 Å². The van der Waals surface area contributed by atoms with Crippen LogP contribution in [-0.4, -0.2) is 0 Å². The molecule has 0 saturated carbocycles. The molecule has 0 N–H and O–H groups in total. The second kappa shape index (κ2) is 4.97. The van der Waals surface area contributed by atoms with E-state index in [0.29, 0.717) is 0 Å². The zero-order chi connectivity index (χ0) is 15.6. The molecule has 0 heterocycles. The van der Waals surface area contributed by atoms with Gasteiger partial charge in [0.05, 0.1) is 10.1 Å². The number of hydrogen-bond acceptors (Lipinski definition) is 0. The third kappa shape index (κ3) is 2.03. The van der Waals surface area contributed by atoms with Crippen LogP contribution in [0.15, 0.2) is 10.1 Å². The van der Waals surface area contributed by atoms with Crippen molar-refractivity contribution in [2.45, 2.75) is 8.67 Å². The van der Waals surface area contributed by atoms with Gasteiger partial charge in [-0.2, -0.15) is 0 Å². The van der Waals surface area contributed by atoms with Crippen LogP contribution in [0.3, 0.4) is 0 Å². The topological polar surface area (TPSA) is 0 Å². The van der Waals surface area contributed by atoms with Crippen LogP contribution in [0.2, 0.25) is 0 Å². The number of allylic oxidation sites excluding steroid dienone is 2. The van der Waals surface area contributed by atoms with E-state index in [9.17, 15) is 17.6 Å². The summed E-state index contributed by atoms with van der Waals surface area (Å²) in [6, 6.07) is 0. The van der Waals surface area contributed by atoms with Crippen LogP contribution in [-0.2, 0) is 8.67 Å². The number of benzene rings is 1. The van der Waals surface area contributed by atoms with Crippen LogP contribution in [0.5, 0.6) is 0 Å². The highest BCUT2D eigenvalue weighted by Crippen LogP contribution is 2.61. The van der Waals surface area contributed by atoms with E-state index < -0.39 is 53.1 Å². The molecular weight excluding hydrogens is 409 g/mol. The quantitative estimate of drug-likeness (QED) is 0.207. The van der Waals surface area contributed by atoms with Gasteiger partial charge in [0.2, 0.25) is 0 Å². The lowest BCUT2D eigenvalue weighted by atomic mass is 9.93. The lowest BCUT2D eigenvalue weighted by Gasteiger charge is -2.35. The molecule has 110 valence electrons. The van der Waals surface area contributed by atoms with Gasteiger partial charge < -0.3 is 0 Å². The Morgan fingerprint density at radius 2 is 0.800 bits per heavy atom.